The highest BCUT2D eigenvalue weighted by atomic mass is 16.3. The van der Waals surface area contributed by atoms with Gasteiger partial charge >= 0.3 is 0 Å². The van der Waals surface area contributed by atoms with Gasteiger partial charge in [0.2, 0.25) is 5.91 Å². The minimum absolute atomic E-state index is 0.161. The molecule has 0 aromatic heterocycles. The Morgan fingerprint density at radius 3 is 1.57 bits per heavy atom. The molecule has 3 heteroatoms. The summed E-state index contributed by atoms with van der Waals surface area (Å²) < 4.78 is 28.5. The van der Waals surface area contributed by atoms with E-state index in [1.807, 2.05) is 5.32 Å². The SMILES string of the molecule is [2H]C([2H])(O)C([2H])([2H])NC(=O)CCCCCCCCCCCCCCCCC. The number of carbonyl (C=O) groups excluding carboxylic acids is 1. The van der Waals surface area contributed by atoms with Crippen LogP contribution in [0.15, 0.2) is 0 Å². The third-order valence-electron chi connectivity index (χ3n) is 4.27. The van der Waals surface area contributed by atoms with E-state index in [0.29, 0.717) is 6.42 Å². The predicted octanol–water partition coefficient (Wildman–Crippen LogP) is 5.36. The standard InChI is InChI=1S/C20H41NO2/c1-2-3-4-5-6-7-8-9-10-11-12-13-14-15-16-17-20(23)21-18-19-22/h22H,2-19H2,1H3,(H,21,23)/i18D2,19D2. The largest absolute Gasteiger partial charge is 0.395 e. The number of aliphatic hydroxyl groups is 1. The third kappa shape index (κ3) is 19.4. The van der Waals surface area contributed by atoms with Gasteiger partial charge in [-0.25, -0.2) is 0 Å². The summed E-state index contributed by atoms with van der Waals surface area (Å²) in [5.41, 5.74) is 0. The molecule has 3 nitrogen and oxygen atoms in total. The molecule has 0 atom stereocenters. The smallest absolute Gasteiger partial charge is 0.220 e. The molecule has 0 saturated heterocycles. The van der Waals surface area contributed by atoms with Gasteiger partial charge in [-0.3, -0.25) is 4.79 Å². The first-order chi connectivity index (χ1) is 12.7. The highest BCUT2D eigenvalue weighted by molar-refractivity contribution is 5.75. The molecule has 0 rings (SSSR count). The molecule has 0 radical (unpaired) electrons. The molecule has 0 unspecified atom stereocenters. The van der Waals surface area contributed by atoms with Gasteiger partial charge in [0.15, 0.2) is 0 Å². The van der Waals surface area contributed by atoms with Gasteiger partial charge in [0, 0.05) is 12.9 Å². The first-order valence-electron chi connectivity index (χ1n) is 11.7. The zero-order valence-electron chi connectivity index (χ0n) is 19.2. The van der Waals surface area contributed by atoms with Crippen molar-refractivity contribution in [2.75, 3.05) is 13.1 Å². The van der Waals surface area contributed by atoms with Gasteiger partial charge in [-0.2, -0.15) is 0 Å². The van der Waals surface area contributed by atoms with E-state index < -0.39 is 19.0 Å². The zero-order valence-corrected chi connectivity index (χ0v) is 15.2. The first kappa shape index (κ1) is 15.9. The maximum atomic E-state index is 11.6. The van der Waals surface area contributed by atoms with Crippen molar-refractivity contribution in [3.05, 3.63) is 0 Å². The van der Waals surface area contributed by atoms with Crippen molar-refractivity contribution in [2.45, 2.75) is 110 Å². The lowest BCUT2D eigenvalue weighted by atomic mass is 10.0. The number of unbranched alkanes of at least 4 members (excludes halogenated alkanes) is 14. The highest BCUT2D eigenvalue weighted by Gasteiger charge is 1.99. The lowest BCUT2D eigenvalue weighted by Gasteiger charge is -2.04. The molecule has 0 aromatic rings. The molecule has 0 fully saturated rings. The zero-order chi connectivity index (χ0) is 20.6. The summed E-state index contributed by atoms with van der Waals surface area (Å²) >= 11 is 0. The van der Waals surface area contributed by atoms with Crippen LogP contribution in [-0.4, -0.2) is 24.1 Å². The molecule has 0 spiro atoms. The Kier molecular flexibility index (Phi) is 13.5. The molecule has 0 aliphatic carbocycles. The molecule has 1 amide bonds. The van der Waals surface area contributed by atoms with Crippen LogP contribution in [-0.2, 0) is 4.79 Å². The fraction of sp³-hybridized carbons (Fsp3) is 0.950. The van der Waals surface area contributed by atoms with Crippen LogP contribution in [0.1, 0.15) is 115 Å². The molecule has 2 N–H and O–H groups in total. The molecular formula is C20H41NO2. The van der Waals surface area contributed by atoms with Crippen molar-refractivity contribution in [3.8, 4) is 0 Å². The van der Waals surface area contributed by atoms with E-state index in [9.17, 15) is 4.79 Å². The van der Waals surface area contributed by atoms with Crippen LogP contribution in [0.5, 0.6) is 0 Å². The minimum atomic E-state index is -3.09. The first-order valence-corrected chi connectivity index (χ1v) is 9.74. The van der Waals surface area contributed by atoms with E-state index in [-0.39, 0.29) is 6.42 Å². The van der Waals surface area contributed by atoms with Crippen LogP contribution >= 0.6 is 0 Å². The Labute approximate surface area is 150 Å². The van der Waals surface area contributed by atoms with Gasteiger partial charge in [-0.1, -0.05) is 96.8 Å². The number of rotatable bonds is 18. The molecule has 23 heavy (non-hydrogen) atoms. The van der Waals surface area contributed by atoms with E-state index in [4.69, 9.17) is 10.6 Å². The summed E-state index contributed by atoms with van der Waals surface area (Å²) in [6.45, 7) is -3.60. The van der Waals surface area contributed by atoms with E-state index in [1.165, 1.54) is 77.0 Å². The Morgan fingerprint density at radius 2 is 1.17 bits per heavy atom. The van der Waals surface area contributed by atoms with Gasteiger partial charge in [0.1, 0.15) is 0 Å². The van der Waals surface area contributed by atoms with Crippen molar-refractivity contribution < 1.29 is 15.4 Å². The summed E-state index contributed by atoms with van der Waals surface area (Å²) in [6.07, 6.45) is 18.7. The molecule has 0 aliphatic heterocycles. The average molecular weight is 332 g/mol. The molecule has 0 aliphatic rings. The van der Waals surface area contributed by atoms with Crippen molar-refractivity contribution in [3.63, 3.8) is 0 Å². The Hall–Kier alpha value is -0.570. The average Bonchev–Trinajstić information content (AvgIpc) is 2.57. The second kappa shape index (κ2) is 19.5. The number of nitrogens with one attached hydrogen (secondary N) is 1. The lowest BCUT2D eigenvalue weighted by molar-refractivity contribution is -0.121. The Balaban J connectivity index is 3.37. The summed E-state index contributed by atoms with van der Waals surface area (Å²) in [6, 6.07) is 0. The highest BCUT2D eigenvalue weighted by Crippen LogP contribution is 2.13. The van der Waals surface area contributed by atoms with Crippen LogP contribution in [0.4, 0.5) is 0 Å². The molecule has 0 saturated carbocycles. The second-order valence-corrected chi connectivity index (χ2v) is 6.48. The summed E-state index contributed by atoms with van der Waals surface area (Å²) in [4.78, 5) is 11.6. The monoisotopic (exact) mass is 331 g/mol. The van der Waals surface area contributed by atoms with Gasteiger partial charge in [0.25, 0.3) is 0 Å². The van der Waals surface area contributed by atoms with Crippen LogP contribution < -0.4 is 5.32 Å². The van der Waals surface area contributed by atoms with Crippen LogP contribution in [0, 0.1) is 0 Å². The molecular weight excluding hydrogens is 286 g/mol. The quantitative estimate of drug-likeness (QED) is 0.332. The number of carbonyl (C=O) groups is 1. The predicted molar refractivity (Wildman–Crippen MR) is 99.6 cm³/mol. The summed E-state index contributed by atoms with van der Waals surface area (Å²) in [5, 5.41) is 11.0. The molecule has 0 heterocycles. The van der Waals surface area contributed by atoms with E-state index in [2.05, 4.69) is 6.92 Å². The Bertz CT molecular complexity index is 373. The fourth-order valence-electron chi connectivity index (χ4n) is 2.82. The Morgan fingerprint density at radius 1 is 0.783 bits per heavy atom. The van der Waals surface area contributed by atoms with Crippen molar-refractivity contribution in [2.24, 2.45) is 0 Å². The molecule has 0 bridgehead atoms. The molecule has 0 aromatic carbocycles. The van der Waals surface area contributed by atoms with Gasteiger partial charge in [0.05, 0.1) is 12.0 Å². The van der Waals surface area contributed by atoms with Crippen LogP contribution in [0.25, 0.3) is 0 Å². The van der Waals surface area contributed by atoms with Crippen LogP contribution in [0.2, 0.25) is 0 Å². The maximum absolute atomic E-state index is 11.6. The van der Waals surface area contributed by atoms with Gasteiger partial charge in [-0.15, -0.1) is 0 Å². The summed E-state index contributed by atoms with van der Waals surface area (Å²) in [5.74, 6) is -0.562. The van der Waals surface area contributed by atoms with Crippen molar-refractivity contribution >= 4 is 5.91 Å². The third-order valence-corrected chi connectivity index (χ3v) is 4.27. The normalized spacial score (nSPS) is 14.7. The maximum Gasteiger partial charge on any atom is 0.220 e. The van der Waals surface area contributed by atoms with E-state index in [1.54, 1.807) is 0 Å². The number of hydrogen-bond donors (Lipinski definition) is 2. The van der Waals surface area contributed by atoms with Crippen LogP contribution in [0.3, 0.4) is 0 Å². The topological polar surface area (TPSA) is 49.3 Å². The summed E-state index contributed by atoms with van der Waals surface area (Å²) in [7, 11) is 0. The fourth-order valence-corrected chi connectivity index (χ4v) is 2.82. The van der Waals surface area contributed by atoms with E-state index in [0.717, 1.165) is 12.8 Å². The van der Waals surface area contributed by atoms with Crippen molar-refractivity contribution in [1.82, 2.24) is 5.32 Å². The number of amides is 1. The second-order valence-electron chi connectivity index (χ2n) is 6.48. The molecule has 138 valence electrons. The minimum Gasteiger partial charge on any atom is -0.395 e. The number of hydrogen-bond acceptors (Lipinski definition) is 2. The van der Waals surface area contributed by atoms with Gasteiger partial charge in [-0.05, 0) is 6.42 Å². The van der Waals surface area contributed by atoms with Gasteiger partial charge < -0.3 is 10.4 Å². The van der Waals surface area contributed by atoms with Crippen molar-refractivity contribution in [1.29, 1.82) is 0 Å². The lowest BCUT2D eigenvalue weighted by Crippen LogP contribution is -2.25. The van der Waals surface area contributed by atoms with E-state index >= 15 is 0 Å².